The quantitative estimate of drug-likeness (QED) is 0.831. The molecule has 2 aliphatic rings. The van der Waals surface area contributed by atoms with Crippen LogP contribution in [-0.4, -0.2) is 48.5 Å². The largest absolute Gasteiger partial charge is 0.314 e. The van der Waals surface area contributed by atoms with E-state index in [-0.39, 0.29) is 43.1 Å². The van der Waals surface area contributed by atoms with Crippen LogP contribution in [0, 0.1) is 0 Å². The van der Waals surface area contributed by atoms with Crippen LogP contribution in [0.15, 0.2) is 0 Å². The zero-order valence-electron chi connectivity index (χ0n) is 12.3. The number of piperazine rings is 1. The van der Waals surface area contributed by atoms with Crippen molar-refractivity contribution >= 4 is 59.6 Å². The molecule has 0 unspecified atom stereocenters. The predicted molar refractivity (Wildman–Crippen MR) is 98.4 cm³/mol. The first kappa shape index (κ1) is 21.9. The molecule has 1 amide bonds. The third kappa shape index (κ3) is 5.83. The highest BCUT2D eigenvalue weighted by atomic mass is 35.5. The van der Waals surface area contributed by atoms with Crippen molar-refractivity contribution in [1.29, 1.82) is 0 Å². The molecule has 0 bridgehead atoms. The van der Waals surface area contributed by atoms with E-state index in [1.54, 1.807) is 11.3 Å². The summed E-state index contributed by atoms with van der Waals surface area (Å²) in [6.07, 6.45) is 4.68. The lowest BCUT2D eigenvalue weighted by Crippen LogP contribution is -2.46. The van der Waals surface area contributed by atoms with Crippen LogP contribution in [0.5, 0.6) is 0 Å². The Balaban J connectivity index is 0.00000147. The van der Waals surface area contributed by atoms with Gasteiger partial charge in [-0.25, -0.2) is 4.98 Å². The molecule has 0 aromatic carbocycles. The number of halogens is 3. The van der Waals surface area contributed by atoms with Crippen molar-refractivity contribution in [2.24, 2.45) is 0 Å². The number of anilines is 1. The Bertz CT molecular complexity index is 443. The molecule has 22 heavy (non-hydrogen) atoms. The van der Waals surface area contributed by atoms with E-state index >= 15 is 0 Å². The topological polar surface area (TPSA) is 57.3 Å². The monoisotopic (exact) mass is 388 g/mol. The molecular weight excluding hydrogens is 367 g/mol. The molecule has 0 saturated carbocycles. The number of thiazole rings is 1. The maximum Gasteiger partial charge on any atom is 0.240 e. The molecule has 1 aliphatic heterocycles. The van der Waals surface area contributed by atoms with Gasteiger partial charge in [-0.2, -0.15) is 0 Å². The van der Waals surface area contributed by atoms with Crippen molar-refractivity contribution in [3.63, 3.8) is 0 Å². The van der Waals surface area contributed by atoms with Gasteiger partial charge in [0.15, 0.2) is 5.13 Å². The molecule has 0 radical (unpaired) electrons. The number of aryl methyl sites for hydroxylation is 2. The van der Waals surface area contributed by atoms with Crippen molar-refractivity contribution in [1.82, 2.24) is 15.2 Å². The molecule has 1 aliphatic carbocycles. The molecule has 0 atom stereocenters. The smallest absolute Gasteiger partial charge is 0.240 e. The fourth-order valence-corrected chi connectivity index (χ4v) is 3.70. The number of hydrogen-bond acceptors (Lipinski definition) is 5. The standard InChI is InChI=1S/C13H20N4OS.3ClH/c18-12(9-17-7-5-14-6-8-17)16-13-15-10-3-1-2-4-11(10)19-13;;;/h14H,1-9H2,(H,15,16,18);3*1H. The second kappa shape index (κ2) is 10.6. The minimum absolute atomic E-state index is 0. The highest BCUT2D eigenvalue weighted by Crippen LogP contribution is 2.29. The molecule has 1 aromatic heterocycles. The highest BCUT2D eigenvalue weighted by molar-refractivity contribution is 7.15. The van der Waals surface area contributed by atoms with E-state index in [1.165, 1.54) is 23.4 Å². The van der Waals surface area contributed by atoms with Gasteiger partial charge in [-0.05, 0) is 25.7 Å². The Kier molecular flexibility index (Phi) is 10.6. The van der Waals surface area contributed by atoms with Gasteiger partial charge in [0.05, 0.1) is 12.2 Å². The molecule has 2 N–H and O–H groups in total. The summed E-state index contributed by atoms with van der Waals surface area (Å²) >= 11 is 1.65. The van der Waals surface area contributed by atoms with Crippen molar-refractivity contribution in [2.45, 2.75) is 25.7 Å². The minimum Gasteiger partial charge on any atom is -0.314 e. The summed E-state index contributed by atoms with van der Waals surface area (Å²) in [6, 6.07) is 0. The van der Waals surface area contributed by atoms with E-state index in [0.717, 1.165) is 44.2 Å². The van der Waals surface area contributed by atoms with Crippen LogP contribution in [0.4, 0.5) is 5.13 Å². The van der Waals surface area contributed by atoms with Crippen LogP contribution >= 0.6 is 48.6 Å². The van der Waals surface area contributed by atoms with Crippen molar-refractivity contribution in [2.75, 3.05) is 38.0 Å². The Hall–Kier alpha value is -0.110. The summed E-state index contributed by atoms with van der Waals surface area (Å²) in [4.78, 5) is 20.1. The van der Waals surface area contributed by atoms with Crippen molar-refractivity contribution < 1.29 is 4.79 Å². The first-order valence-electron chi connectivity index (χ1n) is 7.03. The van der Waals surface area contributed by atoms with Crippen LogP contribution in [0.25, 0.3) is 0 Å². The van der Waals surface area contributed by atoms with Gasteiger partial charge in [0.1, 0.15) is 0 Å². The summed E-state index contributed by atoms with van der Waals surface area (Å²) in [7, 11) is 0. The first-order valence-corrected chi connectivity index (χ1v) is 7.84. The lowest BCUT2D eigenvalue weighted by molar-refractivity contribution is -0.117. The average Bonchev–Trinajstić information content (AvgIpc) is 2.81. The number of nitrogens with zero attached hydrogens (tertiary/aromatic N) is 2. The summed E-state index contributed by atoms with van der Waals surface area (Å²) in [5.74, 6) is 0.0630. The van der Waals surface area contributed by atoms with Gasteiger partial charge < -0.3 is 10.6 Å². The molecule has 128 valence electrons. The summed E-state index contributed by atoms with van der Waals surface area (Å²) in [5, 5.41) is 7.02. The molecule has 0 spiro atoms. The third-order valence-electron chi connectivity index (χ3n) is 3.67. The van der Waals surface area contributed by atoms with Gasteiger partial charge in [-0.15, -0.1) is 48.6 Å². The fraction of sp³-hybridized carbons (Fsp3) is 0.692. The van der Waals surface area contributed by atoms with Gasteiger partial charge in [-0.1, -0.05) is 0 Å². The van der Waals surface area contributed by atoms with Gasteiger partial charge in [0.2, 0.25) is 5.91 Å². The maximum atomic E-state index is 12.0. The second-order valence-electron chi connectivity index (χ2n) is 5.17. The predicted octanol–water partition coefficient (Wildman–Crippen LogP) is 2.13. The van der Waals surface area contributed by atoms with E-state index < -0.39 is 0 Å². The molecule has 1 saturated heterocycles. The molecular formula is C13H23Cl3N4OS. The summed E-state index contributed by atoms with van der Waals surface area (Å²) in [6.45, 7) is 4.31. The molecule has 1 fully saturated rings. The highest BCUT2D eigenvalue weighted by Gasteiger charge is 2.18. The Labute approximate surface area is 153 Å². The van der Waals surface area contributed by atoms with Crippen molar-refractivity contribution in [3.05, 3.63) is 10.6 Å². The lowest BCUT2D eigenvalue weighted by Gasteiger charge is -2.26. The van der Waals surface area contributed by atoms with Crippen LogP contribution < -0.4 is 10.6 Å². The van der Waals surface area contributed by atoms with E-state index in [4.69, 9.17) is 0 Å². The molecule has 9 heteroatoms. The molecule has 1 aromatic rings. The maximum absolute atomic E-state index is 12.0. The zero-order chi connectivity index (χ0) is 13.1. The van der Waals surface area contributed by atoms with Crippen LogP contribution in [0.2, 0.25) is 0 Å². The number of fused-ring (bicyclic) bond motifs is 1. The Morgan fingerprint density at radius 1 is 1.18 bits per heavy atom. The molecule has 5 nitrogen and oxygen atoms in total. The van der Waals surface area contributed by atoms with Crippen LogP contribution in [0.3, 0.4) is 0 Å². The summed E-state index contributed by atoms with van der Waals surface area (Å²) in [5.41, 5.74) is 1.20. The van der Waals surface area contributed by atoms with E-state index in [1.807, 2.05) is 0 Å². The third-order valence-corrected chi connectivity index (χ3v) is 4.74. The number of carbonyl (C=O) groups is 1. The first-order chi connectivity index (χ1) is 9.31. The van der Waals surface area contributed by atoms with E-state index in [9.17, 15) is 4.79 Å². The normalized spacial score (nSPS) is 17.3. The van der Waals surface area contributed by atoms with Gasteiger partial charge >= 0.3 is 0 Å². The number of hydrogen-bond donors (Lipinski definition) is 2. The van der Waals surface area contributed by atoms with E-state index in [0.29, 0.717) is 6.54 Å². The average molecular weight is 390 g/mol. The van der Waals surface area contributed by atoms with Gasteiger partial charge in [-0.3, -0.25) is 9.69 Å². The Morgan fingerprint density at radius 2 is 1.86 bits per heavy atom. The zero-order valence-corrected chi connectivity index (χ0v) is 15.6. The van der Waals surface area contributed by atoms with Crippen molar-refractivity contribution in [3.8, 4) is 0 Å². The van der Waals surface area contributed by atoms with Crippen LogP contribution in [0.1, 0.15) is 23.4 Å². The number of aromatic nitrogens is 1. The SMILES string of the molecule is Cl.Cl.Cl.O=C(CN1CCNCC1)Nc1nc2c(s1)CCCC2. The number of nitrogens with one attached hydrogen (secondary N) is 2. The van der Waals surface area contributed by atoms with Gasteiger partial charge in [0, 0.05) is 31.1 Å². The minimum atomic E-state index is 0. The number of carbonyl (C=O) groups excluding carboxylic acids is 1. The van der Waals surface area contributed by atoms with Gasteiger partial charge in [0.25, 0.3) is 0 Å². The molecule has 3 rings (SSSR count). The molecule has 2 heterocycles. The number of rotatable bonds is 3. The fourth-order valence-electron chi connectivity index (χ4n) is 2.64. The summed E-state index contributed by atoms with van der Waals surface area (Å²) < 4.78 is 0. The van der Waals surface area contributed by atoms with E-state index in [2.05, 4.69) is 20.5 Å². The van der Waals surface area contributed by atoms with Crippen LogP contribution in [-0.2, 0) is 17.6 Å². The second-order valence-corrected chi connectivity index (χ2v) is 6.25. The Morgan fingerprint density at radius 3 is 2.55 bits per heavy atom. The number of amides is 1. The lowest BCUT2D eigenvalue weighted by atomic mass is 10.0.